The number of aromatic nitrogens is 2. The molecule has 7 N–H and O–H groups in total. The van der Waals surface area contributed by atoms with Crippen molar-refractivity contribution in [2.45, 2.75) is 24.9 Å². The number of ether oxygens (including phenoxy) is 1. The Hall–Kier alpha value is -2.02. The number of phosphoric acid groups is 1. The van der Waals surface area contributed by atoms with E-state index >= 15 is 0 Å². The van der Waals surface area contributed by atoms with E-state index in [1.165, 1.54) is 7.05 Å². The number of carbonyl (C=O) groups excluding carboxylic acids is 1. The minimum absolute atomic E-state index is 0.0606. The van der Waals surface area contributed by atoms with Crippen LogP contribution < -0.4 is 21.5 Å². The standard InChI is InChI=1S/C11H18N5O8P/c1-16(4-18)8-9(14-11(12)15-10(8)19)13-7-2-5(6(3-17)23-7)24-25(20,21)22/h4-7,17H,2-3H2,1H3,(H2,20,21,22)(H4,12,13,14,15,19)/t5-,6+,7+/m0/s1. The van der Waals surface area contributed by atoms with Crippen molar-refractivity contribution in [1.29, 1.82) is 0 Å². The molecule has 1 aliphatic rings. The van der Waals surface area contributed by atoms with Crippen LogP contribution in [0.25, 0.3) is 0 Å². The largest absolute Gasteiger partial charge is 0.469 e. The van der Waals surface area contributed by atoms with Crippen LogP contribution in [0.5, 0.6) is 0 Å². The van der Waals surface area contributed by atoms with Gasteiger partial charge in [-0.2, -0.15) is 4.98 Å². The number of amides is 1. The molecule has 1 fully saturated rings. The maximum absolute atomic E-state index is 12.0. The first kappa shape index (κ1) is 19.3. The lowest BCUT2D eigenvalue weighted by Crippen LogP contribution is -2.30. The number of aromatic amines is 1. The first-order chi connectivity index (χ1) is 11.6. The van der Waals surface area contributed by atoms with E-state index in [-0.39, 0.29) is 23.9 Å². The average Bonchev–Trinajstić information content (AvgIpc) is 2.85. The van der Waals surface area contributed by atoms with Crippen LogP contribution in [0.15, 0.2) is 4.79 Å². The number of aliphatic hydroxyl groups excluding tert-OH is 1. The zero-order chi connectivity index (χ0) is 18.8. The molecule has 0 radical (unpaired) electrons. The summed E-state index contributed by atoms with van der Waals surface area (Å²) >= 11 is 0. The van der Waals surface area contributed by atoms with Crippen molar-refractivity contribution in [3.63, 3.8) is 0 Å². The molecule has 0 bridgehead atoms. The molecular weight excluding hydrogens is 361 g/mol. The van der Waals surface area contributed by atoms with E-state index < -0.39 is 38.4 Å². The second-order valence-electron chi connectivity index (χ2n) is 5.22. The highest BCUT2D eigenvalue weighted by Crippen LogP contribution is 2.41. The smallest absolute Gasteiger partial charge is 0.394 e. The van der Waals surface area contributed by atoms with Crippen molar-refractivity contribution in [3.05, 3.63) is 10.4 Å². The molecule has 1 amide bonds. The van der Waals surface area contributed by atoms with Crippen molar-refractivity contribution in [1.82, 2.24) is 9.97 Å². The third kappa shape index (κ3) is 4.75. The summed E-state index contributed by atoms with van der Waals surface area (Å²) < 4.78 is 21.0. The summed E-state index contributed by atoms with van der Waals surface area (Å²) in [6.45, 7) is -0.547. The van der Waals surface area contributed by atoms with E-state index in [2.05, 4.69) is 19.8 Å². The molecule has 0 aliphatic carbocycles. The van der Waals surface area contributed by atoms with Gasteiger partial charge in [-0.3, -0.25) is 19.1 Å². The Balaban J connectivity index is 2.24. The van der Waals surface area contributed by atoms with Crippen LogP contribution in [-0.4, -0.2) is 63.4 Å². The normalized spacial score (nSPS) is 23.4. The number of nitrogens with two attached hydrogens (primary N) is 1. The molecule has 1 aliphatic heterocycles. The summed E-state index contributed by atoms with van der Waals surface area (Å²) in [7, 11) is -3.46. The van der Waals surface area contributed by atoms with Crippen LogP contribution in [-0.2, 0) is 18.6 Å². The SMILES string of the molecule is CN(C=O)c1c(N[C@H]2C[C@H](OP(=O)(O)O)[C@@H](CO)O2)nc(N)[nH]c1=O. The first-order valence-corrected chi connectivity index (χ1v) is 8.52. The van der Waals surface area contributed by atoms with E-state index in [1.807, 2.05) is 0 Å². The summed E-state index contributed by atoms with van der Waals surface area (Å²) in [6.07, 6.45) is -2.67. The number of nitrogens with zero attached hydrogens (tertiary/aromatic N) is 2. The fourth-order valence-electron chi connectivity index (χ4n) is 2.38. The molecule has 140 valence electrons. The van der Waals surface area contributed by atoms with Crippen molar-refractivity contribution >= 4 is 31.7 Å². The zero-order valence-corrected chi connectivity index (χ0v) is 13.9. The molecule has 1 aromatic rings. The molecule has 1 saturated heterocycles. The van der Waals surface area contributed by atoms with Gasteiger partial charge in [-0.05, 0) is 0 Å². The number of rotatable bonds is 7. The number of hydrogen-bond donors (Lipinski definition) is 6. The van der Waals surface area contributed by atoms with E-state index in [0.29, 0.717) is 6.41 Å². The zero-order valence-electron chi connectivity index (χ0n) is 13.0. The molecule has 0 saturated carbocycles. The predicted octanol–water partition coefficient (Wildman–Crippen LogP) is -2.06. The fourth-order valence-corrected chi connectivity index (χ4v) is 2.95. The highest BCUT2D eigenvalue weighted by molar-refractivity contribution is 7.46. The number of anilines is 3. The molecule has 14 heteroatoms. The second kappa shape index (κ2) is 7.47. The van der Waals surface area contributed by atoms with E-state index in [9.17, 15) is 19.3 Å². The third-order valence-electron chi connectivity index (χ3n) is 3.37. The number of nitrogens with one attached hydrogen (secondary N) is 2. The van der Waals surface area contributed by atoms with Gasteiger partial charge >= 0.3 is 7.82 Å². The van der Waals surface area contributed by atoms with Gasteiger partial charge in [0.25, 0.3) is 5.56 Å². The summed E-state index contributed by atoms with van der Waals surface area (Å²) in [5.74, 6) is -0.287. The van der Waals surface area contributed by atoms with E-state index in [0.717, 1.165) is 4.90 Å². The number of aliphatic hydroxyl groups is 1. The van der Waals surface area contributed by atoms with Crippen LogP contribution in [0.3, 0.4) is 0 Å². The highest BCUT2D eigenvalue weighted by atomic mass is 31.2. The van der Waals surface area contributed by atoms with Crippen molar-refractivity contribution in [2.24, 2.45) is 0 Å². The molecule has 3 atom stereocenters. The lowest BCUT2D eigenvalue weighted by Gasteiger charge is -2.19. The Bertz CT molecular complexity index is 736. The van der Waals surface area contributed by atoms with Gasteiger partial charge in [-0.15, -0.1) is 0 Å². The molecule has 2 heterocycles. The molecule has 13 nitrogen and oxygen atoms in total. The first-order valence-electron chi connectivity index (χ1n) is 6.99. The van der Waals surface area contributed by atoms with Crippen molar-refractivity contribution in [2.75, 3.05) is 29.6 Å². The monoisotopic (exact) mass is 379 g/mol. The summed E-state index contributed by atoms with van der Waals surface area (Å²) in [5.41, 5.74) is 4.68. The molecule has 2 rings (SSSR count). The molecular formula is C11H18N5O8P. The number of H-pyrrole nitrogens is 1. The van der Waals surface area contributed by atoms with Gasteiger partial charge in [0.05, 0.1) is 6.61 Å². The topological polar surface area (TPSA) is 200 Å². The quantitative estimate of drug-likeness (QED) is 0.225. The Morgan fingerprint density at radius 3 is 2.84 bits per heavy atom. The summed E-state index contributed by atoms with van der Waals surface area (Å²) in [6, 6.07) is 0. The van der Waals surface area contributed by atoms with Crippen LogP contribution in [0.2, 0.25) is 0 Å². The highest BCUT2D eigenvalue weighted by Gasteiger charge is 2.40. The maximum atomic E-state index is 12.0. The molecule has 25 heavy (non-hydrogen) atoms. The van der Waals surface area contributed by atoms with Crippen LogP contribution in [0.4, 0.5) is 17.5 Å². The Morgan fingerprint density at radius 1 is 1.60 bits per heavy atom. The molecule has 0 aromatic carbocycles. The predicted molar refractivity (Wildman–Crippen MR) is 84.6 cm³/mol. The van der Waals surface area contributed by atoms with Crippen LogP contribution in [0.1, 0.15) is 6.42 Å². The van der Waals surface area contributed by atoms with Crippen LogP contribution in [0, 0.1) is 0 Å². The van der Waals surface area contributed by atoms with Gasteiger partial charge in [-0.1, -0.05) is 0 Å². The van der Waals surface area contributed by atoms with E-state index in [4.69, 9.17) is 20.3 Å². The van der Waals surface area contributed by atoms with Gasteiger partial charge in [0.2, 0.25) is 12.4 Å². The number of phosphoric ester groups is 1. The summed E-state index contributed by atoms with van der Waals surface area (Å²) in [4.78, 5) is 47.8. The number of hydrogen-bond acceptors (Lipinski definition) is 9. The molecule has 0 unspecified atom stereocenters. The van der Waals surface area contributed by atoms with E-state index in [1.54, 1.807) is 0 Å². The van der Waals surface area contributed by atoms with Crippen LogP contribution >= 0.6 is 7.82 Å². The number of carbonyl (C=O) groups is 1. The van der Waals surface area contributed by atoms with Gasteiger partial charge in [-0.25, -0.2) is 4.57 Å². The maximum Gasteiger partial charge on any atom is 0.469 e. The lowest BCUT2D eigenvalue weighted by molar-refractivity contribution is -0.107. The summed E-state index contributed by atoms with van der Waals surface area (Å²) in [5, 5.41) is 12.0. The minimum Gasteiger partial charge on any atom is -0.394 e. The minimum atomic E-state index is -4.78. The molecule has 0 spiro atoms. The Kier molecular flexibility index (Phi) is 5.77. The fraction of sp³-hybridized carbons (Fsp3) is 0.545. The lowest BCUT2D eigenvalue weighted by atomic mass is 10.2. The van der Waals surface area contributed by atoms with Gasteiger partial charge in [0.1, 0.15) is 18.4 Å². The number of nitrogen functional groups attached to an aromatic ring is 1. The third-order valence-corrected chi connectivity index (χ3v) is 3.92. The second-order valence-corrected chi connectivity index (χ2v) is 6.42. The van der Waals surface area contributed by atoms with Gasteiger partial charge in [0.15, 0.2) is 11.5 Å². The van der Waals surface area contributed by atoms with Gasteiger partial charge in [0, 0.05) is 13.5 Å². The van der Waals surface area contributed by atoms with Crippen molar-refractivity contribution < 1.29 is 33.5 Å². The Labute approximate surface area is 141 Å². The Morgan fingerprint density at radius 2 is 2.28 bits per heavy atom. The van der Waals surface area contributed by atoms with Gasteiger partial charge < -0.3 is 35.6 Å². The molecule has 1 aromatic heterocycles. The van der Waals surface area contributed by atoms with Crippen molar-refractivity contribution in [3.8, 4) is 0 Å². The average molecular weight is 379 g/mol.